The Morgan fingerprint density at radius 3 is 2.33 bits per heavy atom. The van der Waals surface area contributed by atoms with E-state index in [1.807, 2.05) is 6.21 Å². The van der Waals surface area contributed by atoms with Gasteiger partial charge in [0.25, 0.3) is 0 Å². The Morgan fingerprint density at radius 2 is 1.42 bits per heavy atom. The number of benzene rings is 4. The van der Waals surface area contributed by atoms with E-state index in [1.54, 1.807) is 0 Å². The predicted molar refractivity (Wildman–Crippen MR) is 104 cm³/mol. The van der Waals surface area contributed by atoms with Crippen LogP contribution in [0.1, 0.15) is 11.1 Å². The van der Waals surface area contributed by atoms with Crippen molar-refractivity contribution in [2.24, 2.45) is 4.99 Å². The van der Waals surface area contributed by atoms with Gasteiger partial charge in [-0.1, -0.05) is 84.9 Å². The van der Waals surface area contributed by atoms with E-state index in [2.05, 4.69) is 89.9 Å². The minimum Gasteiger partial charge on any atom is -0.292 e. The lowest BCUT2D eigenvalue weighted by molar-refractivity contribution is 1.08. The van der Waals surface area contributed by atoms with Crippen molar-refractivity contribution in [1.29, 1.82) is 0 Å². The van der Waals surface area contributed by atoms with Crippen LogP contribution in [0.3, 0.4) is 0 Å². The molecule has 0 bridgehead atoms. The van der Waals surface area contributed by atoms with Crippen LogP contribution in [0.25, 0.3) is 21.5 Å². The largest absolute Gasteiger partial charge is 0.292 e. The monoisotopic (exact) mass is 309 g/mol. The Hall–Kier alpha value is -2.93. The Morgan fingerprint density at radius 1 is 0.667 bits per heavy atom. The van der Waals surface area contributed by atoms with E-state index in [0.29, 0.717) is 0 Å². The molecule has 4 rings (SSSR count). The van der Waals surface area contributed by atoms with Crippen LogP contribution >= 0.6 is 0 Å². The molecule has 116 valence electrons. The van der Waals surface area contributed by atoms with Crippen LogP contribution in [0.4, 0.5) is 0 Å². The average Bonchev–Trinajstić information content (AvgIpc) is 2.65. The Labute approximate surface area is 142 Å². The molecular formula is C23H19N. The SMILES string of the molecule is C(Cc1ccc2ccccc2c1)=NCc1cccc2ccccc12. The molecule has 4 aromatic rings. The summed E-state index contributed by atoms with van der Waals surface area (Å²) >= 11 is 0. The van der Waals surface area contributed by atoms with Gasteiger partial charge in [-0.15, -0.1) is 0 Å². The average molecular weight is 309 g/mol. The quantitative estimate of drug-likeness (QED) is 0.422. The van der Waals surface area contributed by atoms with Gasteiger partial charge in [-0.2, -0.15) is 0 Å². The van der Waals surface area contributed by atoms with Crippen molar-refractivity contribution < 1.29 is 0 Å². The number of hydrogen-bond donors (Lipinski definition) is 0. The van der Waals surface area contributed by atoms with Crippen molar-refractivity contribution in [3.63, 3.8) is 0 Å². The molecule has 0 saturated heterocycles. The second-order valence-corrected chi connectivity index (χ2v) is 6.05. The van der Waals surface area contributed by atoms with Crippen LogP contribution in [0.15, 0.2) is 89.9 Å². The van der Waals surface area contributed by atoms with Crippen molar-refractivity contribution >= 4 is 27.8 Å². The summed E-state index contributed by atoms with van der Waals surface area (Å²) in [6.07, 6.45) is 2.90. The predicted octanol–water partition coefficient (Wildman–Crippen LogP) is 5.81. The molecule has 0 heterocycles. The van der Waals surface area contributed by atoms with Crippen LogP contribution in [0.5, 0.6) is 0 Å². The van der Waals surface area contributed by atoms with Gasteiger partial charge < -0.3 is 0 Å². The minimum atomic E-state index is 0.731. The lowest BCUT2D eigenvalue weighted by Crippen LogP contribution is -1.89. The highest BCUT2D eigenvalue weighted by atomic mass is 14.7. The summed E-state index contributed by atoms with van der Waals surface area (Å²) in [5, 5.41) is 5.15. The summed E-state index contributed by atoms with van der Waals surface area (Å²) in [5.74, 6) is 0. The maximum atomic E-state index is 4.64. The van der Waals surface area contributed by atoms with Crippen LogP contribution < -0.4 is 0 Å². The third-order valence-electron chi connectivity index (χ3n) is 4.41. The van der Waals surface area contributed by atoms with Crippen molar-refractivity contribution in [2.75, 3.05) is 0 Å². The highest BCUT2D eigenvalue weighted by molar-refractivity contribution is 5.86. The van der Waals surface area contributed by atoms with E-state index in [-0.39, 0.29) is 0 Å². The Kier molecular flexibility index (Phi) is 4.07. The second kappa shape index (κ2) is 6.67. The number of fused-ring (bicyclic) bond motifs is 2. The molecule has 0 fully saturated rings. The van der Waals surface area contributed by atoms with Gasteiger partial charge in [-0.3, -0.25) is 4.99 Å². The van der Waals surface area contributed by atoms with Gasteiger partial charge in [-0.25, -0.2) is 0 Å². The molecule has 0 saturated carbocycles. The van der Waals surface area contributed by atoms with Gasteiger partial charge in [-0.05, 0) is 32.7 Å². The highest BCUT2D eigenvalue weighted by Crippen LogP contribution is 2.19. The van der Waals surface area contributed by atoms with E-state index in [1.165, 1.54) is 32.7 Å². The highest BCUT2D eigenvalue weighted by Gasteiger charge is 1.98. The van der Waals surface area contributed by atoms with Gasteiger partial charge in [0.05, 0.1) is 6.54 Å². The van der Waals surface area contributed by atoms with Gasteiger partial charge in [0.1, 0.15) is 0 Å². The fourth-order valence-electron chi connectivity index (χ4n) is 3.13. The number of rotatable bonds is 4. The fourth-order valence-corrected chi connectivity index (χ4v) is 3.13. The maximum Gasteiger partial charge on any atom is 0.0642 e. The first kappa shape index (κ1) is 14.6. The van der Waals surface area contributed by atoms with Gasteiger partial charge >= 0.3 is 0 Å². The molecule has 0 amide bonds. The molecule has 0 aliphatic heterocycles. The summed E-state index contributed by atoms with van der Waals surface area (Å²) in [6.45, 7) is 0.731. The summed E-state index contributed by atoms with van der Waals surface area (Å²) < 4.78 is 0. The second-order valence-electron chi connectivity index (χ2n) is 6.05. The molecule has 0 aromatic heterocycles. The van der Waals surface area contributed by atoms with E-state index in [9.17, 15) is 0 Å². The van der Waals surface area contributed by atoms with Crippen LogP contribution in [0.2, 0.25) is 0 Å². The summed E-state index contributed by atoms with van der Waals surface area (Å²) in [5.41, 5.74) is 2.58. The molecule has 0 N–H and O–H groups in total. The molecule has 4 aromatic carbocycles. The summed E-state index contributed by atoms with van der Waals surface area (Å²) in [7, 11) is 0. The first-order valence-corrected chi connectivity index (χ1v) is 8.33. The van der Waals surface area contributed by atoms with E-state index in [0.717, 1.165) is 13.0 Å². The molecule has 0 radical (unpaired) electrons. The number of hydrogen-bond acceptors (Lipinski definition) is 1. The standard InChI is InChI=1S/C23H19N/c1-2-8-21-16-18(12-13-19(21)6-1)14-15-24-17-22-10-5-9-20-7-3-4-11-23(20)22/h1-13,15-16H,14,17H2. The van der Waals surface area contributed by atoms with Crippen LogP contribution in [0, 0.1) is 0 Å². The number of nitrogens with zero attached hydrogens (tertiary/aromatic N) is 1. The summed E-state index contributed by atoms with van der Waals surface area (Å²) in [4.78, 5) is 4.64. The molecule has 1 heteroatoms. The zero-order valence-corrected chi connectivity index (χ0v) is 13.5. The molecule has 0 atom stereocenters. The molecule has 1 nitrogen and oxygen atoms in total. The summed E-state index contributed by atoms with van der Waals surface area (Å²) in [6, 6.07) is 30.0. The van der Waals surface area contributed by atoms with Crippen molar-refractivity contribution in [1.82, 2.24) is 0 Å². The smallest absolute Gasteiger partial charge is 0.0642 e. The molecule has 0 aliphatic carbocycles. The van der Waals surface area contributed by atoms with Gasteiger partial charge in [0.2, 0.25) is 0 Å². The lowest BCUT2D eigenvalue weighted by atomic mass is 10.0. The molecular weight excluding hydrogens is 290 g/mol. The zero-order chi connectivity index (χ0) is 16.2. The number of aliphatic imine (C=N–C) groups is 1. The van der Waals surface area contributed by atoms with E-state index in [4.69, 9.17) is 0 Å². The molecule has 24 heavy (non-hydrogen) atoms. The van der Waals surface area contributed by atoms with Crippen LogP contribution in [-0.2, 0) is 13.0 Å². The van der Waals surface area contributed by atoms with Crippen LogP contribution in [-0.4, -0.2) is 6.21 Å². The van der Waals surface area contributed by atoms with Gasteiger partial charge in [0, 0.05) is 12.6 Å². The van der Waals surface area contributed by atoms with Gasteiger partial charge in [0.15, 0.2) is 0 Å². The van der Waals surface area contributed by atoms with E-state index < -0.39 is 0 Å². The first-order valence-electron chi connectivity index (χ1n) is 8.33. The van der Waals surface area contributed by atoms with E-state index >= 15 is 0 Å². The Bertz CT molecular complexity index is 1010. The van der Waals surface area contributed by atoms with Crippen molar-refractivity contribution in [3.05, 3.63) is 96.1 Å². The molecule has 0 aliphatic rings. The fraction of sp³-hybridized carbons (Fsp3) is 0.0870. The maximum absolute atomic E-state index is 4.64. The zero-order valence-electron chi connectivity index (χ0n) is 13.5. The molecule has 0 spiro atoms. The lowest BCUT2D eigenvalue weighted by Gasteiger charge is -2.04. The normalized spacial score (nSPS) is 11.5. The molecule has 0 unspecified atom stereocenters. The third kappa shape index (κ3) is 3.07. The first-order chi connectivity index (χ1) is 11.9. The third-order valence-corrected chi connectivity index (χ3v) is 4.41. The topological polar surface area (TPSA) is 12.4 Å². The van der Waals surface area contributed by atoms with Crippen molar-refractivity contribution in [2.45, 2.75) is 13.0 Å². The van der Waals surface area contributed by atoms with Crippen molar-refractivity contribution in [3.8, 4) is 0 Å². The minimum absolute atomic E-state index is 0.731. The Balaban J connectivity index is 1.48.